The summed E-state index contributed by atoms with van der Waals surface area (Å²) >= 11 is 0. The van der Waals surface area contributed by atoms with Crippen molar-refractivity contribution >= 4 is 11.7 Å². The number of aromatic nitrogens is 1. The summed E-state index contributed by atoms with van der Waals surface area (Å²) in [7, 11) is 0. The van der Waals surface area contributed by atoms with Crippen LogP contribution in [-0.4, -0.2) is 35.7 Å². The lowest BCUT2D eigenvalue weighted by molar-refractivity contribution is 0.0780. The monoisotopic (exact) mass is 364 g/mol. The highest BCUT2D eigenvalue weighted by atomic mass is 16.6. The second-order valence-corrected chi connectivity index (χ2v) is 7.19. The number of hydrogen-bond acceptors (Lipinski definition) is 4. The summed E-state index contributed by atoms with van der Waals surface area (Å²) in [6.45, 7) is 3.76. The predicted molar refractivity (Wildman–Crippen MR) is 104 cm³/mol. The number of likely N-dealkylation sites (tertiary alicyclic amines) is 1. The lowest BCUT2D eigenvalue weighted by Crippen LogP contribution is -2.45. The molecule has 2 aromatic rings. The van der Waals surface area contributed by atoms with Crippen molar-refractivity contribution in [2.75, 3.05) is 19.7 Å². The van der Waals surface area contributed by atoms with Crippen LogP contribution in [0.1, 0.15) is 25.3 Å². The van der Waals surface area contributed by atoms with Crippen LogP contribution in [0.25, 0.3) is 5.57 Å². The summed E-state index contributed by atoms with van der Waals surface area (Å²) in [6.07, 6.45) is 7.82. The number of amides is 1. The van der Waals surface area contributed by atoms with Crippen LogP contribution in [-0.2, 0) is 4.74 Å². The molecule has 5 nitrogen and oxygen atoms in total. The Hall–Kier alpha value is -2.82. The number of carbonyl (C=O) groups is 1. The molecule has 1 fully saturated rings. The summed E-state index contributed by atoms with van der Waals surface area (Å²) in [5.41, 5.74) is 2.40. The second kappa shape index (κ2) is 7.82. The number of piperidine rings is 1. The quantitative estimate of drug-likeness (QED) is 0.785. The minimum absolute atomic E-state index is 0.191. The van der Waals surface area contributed by atoms with Gasteiger partial charge in [-0.2, -0.15) is 0 Å². The van der Waals surface area contributed by atoms with E-state index < -0.39 is 0 Å². The normalized spacial score (nSPS) is 21.4. The minimum atomic E-state index is -0.191. The number of pyridine rings is 1. The number of allylic oxidation sites excluding steroid dienone is 1. The molecule has 1 aromatic carbocycles. The first-order valence-corrected chi connectivity index (χ1v) is 9.52. The first-order chi connectivity index (χ1) is 13.2. The zero-order valence-corrected chi connectivity index (χ0v) is 15.5. The molecular weight excluding hydrogens is 340 g/mol. The van der Waals surface area contributed by atoms with Gasteiger partial charge in [-0.25, -0.2) is 4.79 Å². The van der Waals surface area contributed by atoms with Gasteiger partial charge in [-0.05, 0) is 60.9 Å². The highest BCUT2D eigenvalue weighted by molar-refractivity contribution is 5.70. The van der Waals surface area contributed by atoms with Crippen molar-refractivity contribution in [1.29, 1.82) is 0 Å². The number of rotatable bonds is 4. The number of nitrogens with zero attached hydrogens (tertiary/aromatic N) is 2. The van der Waals surface area contributed by atoms with Crippen LogP contribution in [0, 0.1) is 11.8 Å². The lowest BCUT2D eigenvalue weighted by Gasteiger charge is -2.39. The molecule has 1 aliphatic heterocycles. The molecule has 140 valence electrons. The largest absolute Gasteiger partial charge is 0.456 e. The SMILES string of the molecule is CCOC(=O)N1CC2C=C(c3cncc(Oc4ccccc4)c3)CC(C2)C1. The molecule has 1 aliphatic carbocycles. The van der Waals surface area contributed by atoms with E-state index in [4.69, 9.17) is 9.47 Å². The maximum atomic E-state index is 12.1. The molecule has 2 heterocycles. The minimum Gasteiger partial charge on any atom is -0.456 e. The molecule has 2 atom stereocenters. The molecule has 5 heteroatoms. The van der Waals surface area contributed by atoms with Crippen molar-refractivity contribution < 1.29 is 14.3 Å². The molecule has 1 amide bonds. The van der Waals surface area contributed by atoms with Crippen molar-refractivity contribution in [1.82, 2.24) is 9.88 Å². The van der Waals surface area contributed by atoms with Crippen LogP contribution in [0.15, 0.2) is 54.9 Å². The Labute approximate surface area is 159 Å². The van der Waals surface area contributed by atoms with Gasteiger partial charge in [0, 0.05) is 19.3 Å². The molecule has 27 heavy (non-hydrogen) atoms. The van der Waals surface area contributed by atoms with E-state index in [1.165, 1.54) is 5.57 Å². The Balaban J connectivity index is 1.50. The van der Waals surface area contributed by atoms with Gasteiger partial charge in [-0.3, -0.25) is 4.98 Å². The van der Waals surface area contributed by atoms with Crippen LogP contribution < -0.4 is 4.74 Å². The molecule has 1 aromatic heterocycles. The van der Waals surface area contributed by atoms with Crippen molar-refractivity contribution in [3.8, 4) is 11.5 Å². The fourth-order valence-electron chi connectivity index (χ4n) is 4.03. The van der Waals surface area contributed by atoms with Crippen LogP contribution in [0.2, 0.25) is 0 Å². The fraction of sp³-hybridized carbons (Fsp3) is 0.364. The zero-order chi connectivity index (χ0) is 18.6. The molecule has 2 bridgehead atoms. The fourth-order valence-corrected chi connectivity index (χ4v) is 4.03. The van der Waals surface area contributed by atoms with E-state index in [2.05, 4.69) is 17.1 Å². The Bertz CT molecular complexity index is 834. The molecule has 1 saturated heterocycles. The standard InChI is InChI=1S/C22H24N2O3/c1-2-26-22(25)24-14-16-8-17(15-24)10-18(9-16)19-11-21(13-23-12-19)27-20-6-4-3-5-7-20/h3-7,9,11-13,16-17H,2,8,10,14-15H2,1H3. The highest BCUT2D eigenvalue weighted by Gasteiger charge is 2.33. The number of carbonyl (C=O) groups excluding carboxylic acids is 1. The van der Waals surface area contributed by atoms with Gasteiger partial charge in [0.15, 0.2) is 0 Å². The second-order valence-electron chi connectivity index (χ2n) is 7.19. The third-order valence-electron chi connectivity index (χ3n) is 5.10. The number of para-hydroxylation sites is 1. The first-order valence-electron chi connectivity index (χ1n) is 9.52. The van der Waals surface area contributed by atoms with E-state index in [1.807, 2.05) is 48.4 Å². The Morgan fingerprint density at radius 3 is 2.81 bits per heavy atom. The molecular formula is C22H24N2O3. The number of ether oxygens (including phenoxy) is 2. The van der Waals surface area contributed by atoms with E-state index in [0.29, 0.717) is 18.4 Å². The molecule has 0 saturated carbocycles. The van der Waals surface area contributed by atoms with Crippen molar-refractivity contribution in [2.24, 2.45) is 11.8 Å². The predicted octanol–water partition coefficient (Wildman–Crippen LogP) is 4.76. The molecule has 0 radical (unpaired) electrons. The Kier molecular flexibility index (Phi) is 5.10. The van der Waals surface area contributed by atoms with E-state index in [0.717, 1.165) is 43.0 Å². The van der Waals surface area contributed by atoms with Gasteiger partial charge in [-0.15, -0.1) is 0 Å². The summed E-state index contributed by atoms with van der Waals surface area (Å²) in [5, 5.41) is 0. The van der Waals surface area contributed by atoms with Crippen LogP contribution in [0.5, 0.6) is 11.5 Å². The van der Waals surface area contributed by atoms with E-state index in [-0.39, 0.29) is 6.09 Å². The van der Waals surface area contributed by atoms with Gasteiger partial charge < -0.3 is 14.4 Å². The van der Waals surface area contributed by atoms with Gasteiger partial charge >= 0.3 is 6.09 Å². The van der Waals surface area contributed by atoms with Crippen molar-refractivity contribution in [3.63, 3.8) is 0 Å². The molecule has 2 unspecified atom stereocenters. The van der Waals surface area contributed by atoms with Gasteiger partial charge in [0.2, 0.25) is 0 Å². The maximum absolute atomic E-state index is 12.1. The van der Waals surface area contributed by atoms with Crippen molar-refractivity contribution in [2.45, 2.75) is 19.8 Å². The van der Waals surface area contributed by atoms with Crippen LogP contribution in [0.3, 0.4) is 0 Å². The van der Waals surface area contributed by atoms with Crippen molar-refractivity contribution in [3.05, 3.63) is 60.4 Å². The summed E-state index contributed by atoms with van der Waals surface area (Å²) in [6, 6.07) is 11.8. The van der Waals surface area contributed by atoms with Gasteiger partial charge in [0.25, 0.3) is 0 Å². The third kappa shape index (κ3) is 4.13. The topological polar surface area (TPSA) is 51.7 Å². The highest BCUT2D eigenvalue weighted by Crippen LogP contribution is 2.38. The average molecular weight is 364 g/mol. The summed E-state index contributed by atoms with van der Waals surface area (Å²) in [4.78, 5) is 18.3. The summed E-state index contributed by atoms with van der Waals surface area (Å²) in [5.74, 6) is 2.38. The summed E-state index contributed by atoms with van der Waals surface area (Å²) < 4.78 is 11.1. The van der Waals surface area contributed by atoms with Gasteiger partial charge in [0.05, 0.1) is 12.8 Å². The van der Waals surface area contributed by atoms with E-state index in [9.17, 15) is 4.79 Å². The lowest BCUT2D eigenvalue weighted by atomic mass is 9.77. The van der Waals surface area contributed by atoms with Gasteiger partial charge in [-0.1, -0.05) is 24.3 Å². The Morgan fingerprint density at radius 2 is 2.04 bits per heavy atom. The first kappa shape index (κ1) is 17.6. The molecule has 2 aliphatic rings. The van der Waals surface area contributed by atoms with Crippen LogP contribution in [0.4, 0.5) is 4.79 Å². The number of fused-ring (bicyclic) bond motifs is 2. The zero-order valence-electron chi connectivity index (χ0n) is 15.5. The molecule has 0 N–H and O–H groups in total. The smallest absolute Gasteiger partial charge is 0.409 e. The number of benzene rings is 1. The third-order valence-corrected chi connectivity index (χ3v) is 5.10. The average Bonchev–Trinajstić information content (AvgIpc) is 2.68. The van der Waals surface area contributed by atoms with E-state index in [1.54, 1.807) is 6.20 Å². The molecule has 0 spiro atoms. The molecule has 4 rings (SSSR count). The van der Waals surface area contributed by atoms with E-state index >= 15 is 0 Å². The van der Waals surface area contributed by atoms with Gasteiger partial charge in [0.1, 0.15) is 11.5 Å². The Morgan fingerprint density at radius 1 is 1.19 bits per heavy atom. The maximum Gasteiger partial charge on any atom is 0.409 e. The number of hydrogen-bond donors (Lipinski definition) is 0. The van der Waals surface area contributed by atoms with Crippen LogP contribution >= 0.6 is 0 Å².